The lowest BCUT2D eigenvalue weighted by Crippen LogP contribution is -1.91. The van der Waals surface area contributed by atoms with Crippen LogP contribution in [-0.2, 0) is 0 Å². The molecule has 2 aliphatic rings. The Balaban J connectivity index is 1.78. The van der Waals surface area contributed by atoms with Crippen LogP contribution in [0.5, 0.6) is 17.2 Å². The van der Waals surface area contributed by atoms with E-state index in [0.717, 1.165) is 67.2 Å². The predicted octanol–water partition coefficient (Wildman–Crippen LogP) is 8.26. The molecular weight excluding hydrogens is 448 g/mol. The van der Waals surface area contributed by atoms with Crippen LogP contribution in [0.1, 0.15) is 0 Å². The summed E-state index contributed by atoms with van der Waals surface area (Å²) in [6, 6.07) is 33.5. The first-order chi connectivity index (χ1) is 17.7. The molecule has 0 saturated carbocycles. The molecule has 4 aromatic carbocycles. The average molecular weight is 473 g/mol. The summed E-state index contributed by atoms with van der Waals surface area (Å²) in [5, 5.41) is 11.8. The Labute approximate surface area is 209 Å². The number of phenols is 1. The Bertz CT molecular complexity index is 1680. The van der Waals surface area contributed by atoms with Crippen LogP contribution < -0.4 is 9.47 Å². The Kier molecular flexibility index (Phi) is 5.34. The van der Waals surface area contributed by atoms with Gasteiger partial charge >= 0.3 is 0 Å². The average Bonchev–Trinajstić information content (AvgIpc) is 3.34. The molecule has 0 spiro atoms. The molecule has 1 N–H and O–H groups in total. The van der Waals surface area contributed by atoms with Crippen LogP contribution in [0.15, 0.2) is 108 Å². The molecule has 6 rings (SSSR count). The van der Waals surface area contributed by atoms with Crippen LogP contribution in [-0.4, -0.2) is 19.3 Å². The summed E-state index contributed by atoms with van der Waals surface area (Å²) in [6.45, 7) is 0. The fourth-order valence-corrected chi connectivity index (χ4v) is 4.90. The van der Waals surface area contributed by atoms with Gasteiger partial charge in [0.25, 0.3) is 0 Å². The molecule has 0 unspecified atom stereocenters. The van der Waals surface area contributed by atoms with Gasteiger partial charge in [-0.3, -0.25) is 0 Å². The van der Waals surface area contributed by atoms with E-state index in [9.17, 15) is 5.11 Å². The third-order valence-electron chi connectivity index (χ3n) is 6.58. The summed E-state index contributed by atoms with van der Waals surface area (Å²) in [6.07, 6.45) is 0. The molecule has 4 heteroatoms. The highest BCUT2D eigenvalue weighted by Crippen LogP contribution is 2.53. The van der Waals surface area contributed by atoms with Crippen molar-refractivity contribution in [2.24, 2.45) is 0 Å². The van der Waals surface area contributed by atoms with Crippen LogP contribution in [0.3, 0.4) is 0 Å². The Morgan fingerprint density at radius 3 is 2.00 bits per heavy atom. The molecule has 0 radical (unpaired) electrons. The molecule has 36 heavy (non-hydrogen) atoms. The molecule has 1 aliphatic carbocycles. The van der Waals surface area contributed by atoms with Gasteiger partial charge in [-0.05, 0) is 59.2 Å². The highest BCUT2D eigenvalue weighted by Gasteiger charge is 2.28. The SMILES string of the molecule is COc1cccc(-c2cc(-c3ccccc3O)c3c4ccccc4oc(-c4cccc(OC)c4)c2-3)c1. The maximum Gasteiger partial charge on any atom is 0.143 e. The maximum atomic E-state index is 10.9. The topological polar surface area (TPSA) is 51.8 Å². The number of ether oxygens (including phenoxy) is 2. The van der Waals surface area contributed by atoms with Crippen LogP contribution >= 0.6 is 0 Å². The van der Waals surface area contributed by atoms with Crippen LogP contribution in [0, 0.1) is 0 Å². The first-order valence-corrected chi connectivity index (χ1v) is 11.7. The van der Waals surface area contributed by atoms with Gasteiger partial charge in [0, 0.05) is 27.6 Å². The van der Waals surface area contributed by atoms with E-state index in [1.165, 1.54) is 0 Å². The van der Waals surface area contributed by atoms with E-state index >= 15 is 0 Å². The lowest BCUT2D eigenvalue weighted by Gasteiger charge is -2.16. The van der Waals surface area contributed by atoms with Gasteiger partial charge in [-0.2, -0.15) is 0 Å². The van der Waals surface area contributed by atoms with Crippen molar-refractivity contribution in [1.82, 2.24) is 0 Å². The van der Waals surface area contributed by atoms with Gasteiger partial charge < -0.3 is 19.0 Å². The van der Waals surface area contributed by atoms with Crippen molar-refractivity contribution < 1.29 is 19.0 Å². The minimum atomic E-state index is 0.231. The molecule has 0 bridgehead atoms. The first kappa shape index (κ1) is 21.8. The van der Waals surface area contributed by atoms with Gasteiger partial charge in [-0.1, -0.05) is 60.7 Å². The van der Waals surface area contributed by atoms with Crippen LogP contribution in [0.4, 0.5) is 0 Å². The summed E-state index contributed by atoms with van der Waals surface area (Å²) in [5.41, 5.74) is 7.36. The minimum absolute atomic E-state index is 0.231. The second-order valence-corrected chi connectivity index (χ2v) is 8.63. The molecule has 176 valence electrons. The molecule has 0 saturated heterocycles. The Morgan fingerprint density at radius 1 is 0.583 bits per heavy atom. The van der Waals surface area contributed by atoms with Crippen molar-refractivity contribution in [2.75, 3.05) is 14.2 Å². The van der Waals surface area contributed by atoms with E-state index in [2.05, 4.69) is 18.2 Å². The summed E-state index contributed by atoms with van der Waals surface area (Å²) in [5.74, 6) is 2.49. The van der Waals surface area contributed by atoms with Gasteiger partial charge in [0.15, 0.2) is 0 Å². The highest BCUT2D eigenvalue weighted by atomic mass is 16.5. The van der Waals surface area contributed by atoms with Crippen LogP contribution in [0.25, 0.3) is 55.7 Å². The van der Waals surface area contributed by atoms with Crippen molar-refractivity contribution in [2.45, 2.75) is 0 Å². The molecule has 0 aromatic heterocycles. The zero-order valence-electron chi connectivity index (χ0n) is 20.0. The molecule has 4 aromatic rings. The number of hydrogen-bond donors (Lipinski definition) is 1. The lowest BCUT2D eigenvalue weighted by molar-refractivity contribution is 0.415. The van der Waals surface area contributed by atoms with Gasteiger partial charge in [0.1, 0.15) is 28.6 Å². The molecular formula is C32H24O4. The first-order valence-electron chi connectivity index (χ1n) is 11.7. The molecule has 1 aliphatic heterocycles. The van der Waals surface area contributed by atoms with Crippen molar-refractivity contribution in [3.63, 3.8) is 0 Å². The summed E-state index contributed by atoms with van der Waals surface area (Å²) in [7, 11) is 3.33. The smallest absolute Gasteiger partial charge is 0.143 e. The largest absolute Gasteiger partial charge is 0.507 e. The van der Waals surface area contributed by atoms with Gasteiger partial charge in [0.2, 0.25) is 0 Å². The Hall–Kier alpha value is -4.70. The molecule has 0 atom stereocenters. The van der Waals surface area contributed by atoms with Crippen molar-refractivity contribution >= 4 is 11.0 Å². The number of fused-ring (bicyclic) bond motifs is 3. The number of para-hydroxylation sites is 2. The molecule has 0 amide bonds. The predicted molar refractivity (Wildman–Crippen MR) is 144 cm³/mol. The van der Waals surface area contributed by atoms with Gasteiger partial charge in [-0.25, -0.2) is 0 Å². The minimum Gasteiger partial charge on any atom is -0.507 e. The Morgan fingerprint density at radius 2 is 1.25 bits per heavy atom. The lowest BCUT2D eigenvalue weighted by atomic mass is 9.92. The number of rotatable bonds is 5. The van der Waals surface area contributed by atoms with E-state index in [1.54, 1.807) is 20.3 Å². The number of hydrogen-bond acceptors (Lipinski definition) is 4. The third-order valence-corrected chi connectivity index (χ3v) is 6.58. The van der Waals surface area contributed by atoms with Crippen molar-refractivity contribution in [1.29, 1.82) is 0 Å². The second-order valence-electron chi connectivity index (χ2n) is 8.63. The van der Waals surface area contributed by atoms with E-state index in [4.69, 9.17) is 13.9 Å². The summed E-state index contributed by atoms with van der Waals surface area (Å²) < 4.78 is 17.7. The van der Waals surface area contributed by atoms with E-state index in [0.29, 0.717) is 0 Å². The second kappa shape index (κ2) is 8.82. The maximum absolute atomic E-state index is 10.9. The van der Waals surface area contributed by atoms with Gasteiger partial charge in [0.05, 0.1) is 14.2 Å². The zero-order chi connectivity index (χ0) is 24.6. The van der Waals surface area contributed by atoms with E-state index in [1.807, 2.05) is 78.9 Å². The van der Waals surface area contributed by atoms with E-state index < -0.39 is 0 Å². The van der Waals surface area contributed by atoms with Crippen molar-refractivity contribution in [3.8, 4) is 62.0 Å². The molecule has 1 heterocycles. The molecule has 0 fully saturated rings. The fraction of sp³-hybridized carbons (Fsp3) is 0.0625. The number of phenolic OH excluding ortho intramolecular Hbond substituents is 1. The summed E-state index contributed by atoms with van der Waals surface area (Å²) >= 11 is 0. The van der Waals surface area contributed by atoms with E-state index in [-0.39, 0.29) is 5.75 Å². The zero-order valence-corrected chi connectivity index (χ0v) is 20.0. The van der Waals surface area contributed by atoms with Gasteiger partial charge in [-0.15, -0.1) is 0 Å². The third kappa shape index (κ3) is 3.55. The summed E-state index contributed by atoms with van der Waals surface area (Å²) in [4.78, 5) is 0. The molecule has 4 nitrogen and oxygen atoms in total. The number of aromatic hydroxyl groups is 1. The standard InChI is InChI=1S/C32H24O4/c1-34-22-11-7-9-20(17-22)26-19-27(24-13-3-5-15-28(24)33)30-25-14-4-6-16-29(25)36-32(31(26)30)21-10-8-12-23(18-21)35-2/h3-19,33H,1-2H3. The monoisotopic (exact) mass is 472 g/mol. The van der Waals surface area contributed by atoms with Crippen molar-refractivity contribution in [3.05, 3.63) is 103 Å². The quantitative estimate of drug-likeness (QED) is 0.274. The number of methoxy groups -OCH3 is 2. The normalized spacial score (nSPS) is 11.2. The van der Waals surface area contributed by atoms with Crippen LogP contribution in [0.2, 0.25) is 0 Å². The number of benzene rings is 4. The highest BCUT2D eigenvalue weighted by molar-refractivity contribution is 6.13. The fourth-order valence-electron chi connectivity index (χ4n) is 4.90.